The van der Waals surface area contributed by atoms with E-state index in [9.17, 15) is 73.6 Å². The van der Waals surface area contributed by atoms with Gasteiger partial charge in [-0.05, 0) is 93.8 Å². The third-order valence-corrected chi connectivity index (χ3v) is 22.6. The van der Waals surface area contributed by atoms with E-state index in [-0.39, 0.29) is 58.7 Å². The summed E-state index contributed by atoms with van der Waals surface area (Å²) in [5.74, 6) is -0.646. The predicted molar refractivity (Wildman–Crippen MR) is 301 cm³/mol. The Bertz CT molecular complexity index is 2680. The van der Waals surface area contributed by atoms with Crippen LogP contribution in [0, 0.1) is 45.3 Å². The molecule has 31 atom stereocenters. The number of aliphatic hydroxyl groups excluding tert-OH is 10. The SMILES string of the molecule is CO[C@@H]1[C@@H](O)[C@H](O[C@@H]2[C@@H](O)[C@H](O[C@H]3[C@H](O)[C@@H](O[C@@H]4OC[C@@H](O)[C@H](O)[C@H]4O)[C@H](O[C@H]4[C@H](O[C@H]5CC[C@]6(C)[C@@H]7CCC89C(=O)O[C@@](C)(CCCC(C)C)[C@H]8[C@@H](OC(C)=O)C[C@@]9(C)C7=CC[C@H]6C5(C)C)OC[C@@H](OS(=O)(=O)[O-])[C@@H]4O)O[C@@H]3C)OC[C@H]2O)O[C@H](CO)[C@H]1O.[Na+]. The normalized spacial score (nSPS) is 49.7. The van der Waals surface area contributed by atoms with Gasteiger partial charge < -0.3 is 117 Å². The van der Waals surface area contributed by atoms with Crippen LogP contribution in [-0.2, 0) is 85.8 Å². The van der Waals surface area contributed by atoms with Gasteiger partial charge in [-0.3, -0.25) is 13.8 Å². The monoisotopic (exact) mass is 1330 g/mol. The average molecular weight is 1340 g/mol. The quantitative estimate of drug-likeness (QED) is 0.0193. The number of hydrogen-bond donors (Lipinski definition) is 10. The van der Waals surface area contributed by atoms with E-state index < -0.39 is 212 Å². The van der Waals surface area contributed by atoms with Crippen molar-refractivity contribution in [2.24, 2.45) is 45.3 Å². The van der Waals surface area contributed by atoms with Crippen LogP contribution in [-0.4, -0.2) is 263 Å². The summed E-state index contributed by atoms with van der Waals surface area (Å²) in [6, 6.07) is 0. The fraction of sp³-hybridized carbons (Fsp3) is 0.933. The average Bonchev–Trinajstić information content (AvgIpc) is 1.53. The smallest absolute Gasteiger partial charge is 0.726 e. The molecule has 91 heavy (non-hydrogen) atoms. The summed E-state index contributed by atoms with van der Waals surface area (Å²) in [6.07, 6.45) is -31.2. The molecule has 0 aromatic rings. The van der Waals surface area contributed by atoms with Gasteiger partial charge >= 0.3 is 41.5 Å². The maximum atomic E-state index is 14.8. The molecule has 1 unspecified atom stereocenters. The van der Waals surface area contributed by atoms with Crippen LogP contribution in [0.2, 0.25) is 0 Å². The molecule has 0 radical (unpaired) electrons. The second-order valence-electron chi connectivity index (χ2n) is 28.4. The van der Waals surface area contributed by atoms with Gasteiger partial charge in [-0.1, -0.05) is 59.6 Å². The van der Waals surface area contributed by atoms with Crippen LogP contribution in [0.5, 0.6) is 0 Å². The molecule has 516 valence electrons. The maximum absolute atomic E-state index is 14.8. The Hall–Kier alpha value is -1.29. The zero-order valence-corrected chi connectivity index (χ0v) is 56.4. The van der Waals surface area contributed by atoms with Gasteiger partial charge in [0.05, 0.1) is 50.0 Å². The summed E-state index contributed by atoms with van der Waals surface area (Å²) >= 11 is 0. The fourth-order valence-electron chi connectivity index (χ4n) is 17.7. The van der Waals surface area contributed by atoms with Crippen LogP contribution in [0.3, 0.4) is 0 Å². The van der Waals surface area contributed by atoms with Crippen LogP contribution in [0.4, 0.5) is 0 Å². The van der Waals surface area contributed by atoms with Crippen LogP contribution in [0.25, 0.3) is 0 Å². The van der Waals surface area contributed by atoms with Gasteiger partial charge in [0, 0.05) is 19.4 Å². The zero-order valence-electron chi connectivity index (χ0n) is 53.6. The van der Waals surface area contributed by atoms with Crippen molar-refractivity contribution in [1.82, 2.24) is 0 Å². The Morgan fingerprint density at radius 2 is 1.33 bits per heavy atom. The van der Waals surface area contributed by atoms with Crippen molar-refractivity contribution < 1.29 is 169 Å². The van der Waals surface area contributed by atoms with E-state index in [1.165, 1.54) is 21.0 Å². The van der Waals surface area contributed by atoms with Crippen molar-refractivity contribution >= 4 is 22.3 Å². The molecule has 4 aliphatic carbocycles. The minimum absolute atomic E-state index is 0. The minimum atomic E-state index is -5.51. The van der Waals surface area contributed by atoms with E-state index in [4.69, 9.17) is 65.8 Å². The first-order valence-electron chi connectivity index (χ1n) is 31.6. The molecule has 6 aliphatic heterocycles. The number of cyclic esters (lactones) is 1. The van der Waals surface area contributed by atoms with Crippen LogP contribution in [0.15, 0.2) is 11.6 Å². The molecular weight excluding hydrogens is 1240 g/mol. The standard InChI is InChI=1S/C60H96O29S.Na/c1-25(2)12-11-17-59(9)49-32(81-27(4)62)20-58(8)29-13-14-35-56(5,6)36(16-18-57(35,7)28(29)15-19-60(49,58)55(72)88-59)83-53-47(39(67)34(24-79-53)89-90(73,74)75)87-54-48(86-50-40(68)37(65)30(63)22-77-50)41(69)44(26(3)80-54)84-51-42(70)45(31(64)23-78-51)85-52-43(71)46(76-10)38(66)33(21-61)82-52;/h13,25-26,28,30-54,61,63-71H,11-12,14-24H2,1-10H3,(H,73,74,75);/q;+1/p-1/t26-,28-,30-,31-,32+,33-,34-,35+,36+,37+,38-,39+,40-,41+,42-,43-,44-,45+,46+,47-,48-,49-,50+,51+,52+,53+,54+,57-,58+,59+,60?;/m1./s1. The van der Waals surface area contributed by atoms with Crippen LogP contribution in [0.1, 0.15) is 120 Å². The molecule has 9 fully saturated rings. The summed E-state index contributed by atoms with van der Waals surface area (Å²) < 4.78 is 120. The first-order valence-corrected chi connectivity index (χ1v) is 32.9. The second-order valence-corrected chi connectivity index (χ2v) is 29.4. The topological polar surface area (TPSA) is 423 Å². The van der Waals surface area contributed by atoms with Crippen molar-refractivity contribution in [3.05, 3.63) is 11.6 Å². The molecule has 29 nitrogen and oxygen atoms in total. The number of aliphatic hydroxyl groups is 10. The van der Waals surface area contributed by atoms with Crippen molar-refractivity contribution in [2.75, 3.05) is 33.5 Å². The summed E-state index contributed by atoms with van der Waals surface area (Å²) in [5.41, 5.74) is -2.39. The second kappa shape index (κ2) is 28.1. The van der Waals surface area contributed by atoms with Crippen molar-refractivity contribution in [3.63, 3.8) is 0 Å². The van der Waals surface area contributed by atoms with Gasteiger partial charge in [-0.25, -0.2) is 8.42 Å². The maximum Gasteiger partial charge on any atom is 1.00 e. The van der Waals surface area contributed by atoms with Crippen LogP contribution >= 0.6 is 0 Å². The Balaban J connectivity index is 0.00000980. The zero-order chi connectivity index (χ0) is 65.7. The predicted octanol–water partition coefficient (Wildman–Crippen LogP) is -4.18. The first-order chi connectivity index (χ1) is 42.2. The summed E-state index contributed by atoms with van der Waals surface area (Å²) in [5, 5.41) is 111. The van der Waals surface area contributed by atoms with Crippen molar-refractivity contribution in [1.29, 1.82) is 0 Å². The number of allylic oxidation sites excluding steroid dienone is 2. The number of fused-ring (bicyclic) bond motifs is 4. The van der Waals surface area contributed by atoms with Gasteiger partial charge in [0.1, 0.15) is 109 Å². The van der Waals surface area contributed by atoms with Crippen molar-refractivity contribution in [3.8, 4) is 0 Å². The van der Waals surface area contributed by atoms with Gasteiger partial charge in [-0.15, -0.1) is 0 Å². The fourth-order valence-corrected chi connectivity index (χ4v) is 18.1. The number of methoxy groups -OCH3 is 1. The molecule has 0 aromatic carbocycles. The first kappa shape index (κ1) is 73.9. The van der Waals surface area contributed by atoms with E-state index in [1.54, 1.807) is 0 Å². The van der Waals surface area contributed by atoms with Gasteiger partial charge in [0.25, 0.3) is 0 Å². The van der Waals surface area contributed by atoms with Crippen LogP contribution < -0.4 is 29.6 Å². The largest absolute Gasteiger partial charge is 1.00 e. The summed E-state index contributed by atoms with van der Waals surface area (Å²) in [7, 11) is -4.32. The molecule has 0 bridgehead atoms. The summed E-state index contributed by atoms with van der Waals surface area (Å²) in [6.45, 7) is 15.1. The Kier molecular flexibility index (Phi) is 22.9. The Morgan fingerprint density at radius 3 is 1.98 bits per heavy atom. The molecule has 10 aliphatic rings. The molecule has 10 rings (SSSR count). The molecular formula is C60H95NaO29S. The van der Waals surface area contributed by atoms with E-state index in [2.05, 4.69) is 47.6 Å². The molecule has 1 spiro atoms. The van der Waals surface area contributed by atoms with E-state index in [0.717, 1.165) is 18.4 Å². The number of esters is 2. The van der Waals surface area contributed by atoms with Gasteiger partial charge in [0.2, 0.25) is 10.4 Å². The van der Waals surface area contributed by atoms with Crippen molar-refractivity contribution in [2.45, 2.75) is 273 Å². The van der Waals surface area contributed by atoms with Gasteiger partial charge in [0.15, 0.2) is 31.5 Å². The molecule has 10 N–H and O–H groups in total. The Labute approximate surface area is 552 Å². The third-order valence-electron chi connectivity index (χ3n) is 22.1. The van der Waals surface area contributed by atoms with E-state index in [1.807, 2.05) is 6.92 Å². The number of ether oxygens (including phenoxy) is 13. The molecule has 6 heterocycles. The van der Waals surface area contributed by atoms with E-state index in [0.29, 0.717) is 50.9 Å². The molecule has 0 aromatic heterocycles. The number of carbonyl (C=O) groups excluding carboxylic acids is 2. The van der Waals surface area contributed by atoms with E-state index >= 15 is 0 Å². The summed E-state index contributed by atoms with van der Waals surface area (Å²) in [4.78, 5) is 27.6. The van der Waals surface area contributed by atoms with Gasteiger partial charge in [-0.2, -0.15) is 0 Å². The number of hydrogen-bond acceptors (Lipinski definition) is 29. The molecule has 6 saturated heterocycles. The molecule has 31 heteroatoms. The number of rotatable bonds is 19. The Morgan fingerprint density at radius 1 is 0.714 bits per heavy atom. The third kappa shape index (κ3) is 13.6. The number of carbonyl (C=O) groups is 2. The minimum Gasteiger partial charge on any atom is -0.726 e. The molecule has 0 amide bonds. The molecule has 3 saturated carbocycles.